The summed E-state index contributed by atoms with van der Waals surface area (Å²) in [4.78, 5) is 27.2. The zero-order valence-corrected chi connectivity index (χ0v) is 7.88. The van der Waals surface area contributed by atoms with Crippen molar-refractivity contribution in [2.75, 3.05) is 6.54 Å². The lowest BCUT2D eigenvalue weighted by Gasteiger charge is -2.04. The Morgan fingerprint density at radius 1 is 1.42 bits per heavy atom. The Kier molecular flexibility index (Phi) is 5.13. The molecule has 0 aromatic carbocycles. The van der Waals surface area contributed by atoms with Crippen LogP contribution in [-0.4, -0.2) is 22.0 Å². The number of amides is 1. The smallest absolute Gasteiger partial charge is 0.346 e. The minimum absolute atomic E-state index is 0.331. The minimum atomic E-state index is -4.56. The summed E-state index contributed by atoms with van der Waals surface area (Å²) in [5, 5.41) is 2.16. The van der Waals surface area contributed by atoms with Gasteiger partial charge in [0.2, 0.25) is 0 Å². The van der Waals surface area contributed by atoms with Gasteiger partial charge < -0.3 is 15.1 Å². The lowest BCUT2D eigenvalue weighted by atomic mass is 10.2. The number of carbonyl (C=O) groups excluding carboxylic acids is 1. The quantitative estimate of drug-likeness (QED) is 0.452. The molecule has 0 atom stereocenters. The molecule has 0 aliphatic rings. The van der Waals surface area contributed by atoms with Gasteiger partial charge in [-0.25, -0.2) is 4.57 Å². The molecule has 6 heteroatoms. The van der Waals surface area contributed by atoms with Crippen LogP contribution in [-0.2, 0) is 4.57 Å². The van der Waals surface area contributed by atoms with E-state index >= 15 is 0 Å². The van der Waals surface area contributed by atoms with E-state index in [9.17, 15) is 9.36 Å². The number of nitrogens with one attached hydrogen (secondary N) is 1. The first-order valence-electron chi connectivity index (χ1n) is 3.82. The fraction of sp³-hybridized carbons (Fsp3) is 0.833. The van der Waals surface area contributed by atoms with Crippen molar-refractivity contribution in [1.29, 1.82) is 0 Å². The van der Waals surface area contributed by atoms with Crippen LogP contribution in [0.2, 0.25) is 0 Å². The van der Waals surface area contributed by atoms with Gasteiger partial charge in [0.1, 0.15) is 0 Å². The molecule has 0 bridgehead atoms. The molecule has 3 N–H and O–H groups in total. The van der Waals surface area contributed by atoms with E-state index < -0.39 is 13.2 Å². The average molecular weight is 195 g/mol. The Balaban J connectivity index is 3.52. The molecule has 0 aliphatic heterocycles. The molecule has 0 saturated heterocycles. The number of hydrogen-bond acceptors (Lipinski definition) is 2. The Morgan fingerprint density at radius 3 is 2.42 bits per heavy atom. The van der Waals surface area contributed by atoms with Gasteiger partial charge in [-0.1, -0.05) is 19.8 Å². The van der Waals surface area contributed by atoms with Crippen molar-refractivity contribution >= 4 is 13.2 Å². The second-order valence-corrected chi connectivity index (χ2v) is 3.98. The highest BCUT2D eigenvalue weighted by Gasteiger charge is 2.24. The molecule has 0 radical (unpaired) electrons. The van der Waals surface area contributed by atoms with Crippen LogP contribution in [0.4, 0.5) is 4.79 Å². The number of carbonyl (C=O) groups is 1. The van der Waals surface area contributed by atoms with E-state index in [2.05, 4.69) is 5.32 Å². The summed E-state index contributed by atoms with van der Waals surface area (Å²) in [5.41, 5.74) is -1.18. The van der Waals surface area contributed by atoms with Crippen LogP contribution in [0.15, 0.2) is 0 Å². The largest absolute Gasteiger partial charge is 0.413 e. The molecular weight excluding hydrogens is 181 g/mol. The van der Waals surface area contributed by atoms with E-state index in [1.807, 2.05) is 6.92 Å². The zero-order valence-electron chi connectivity index (χ0n) is 6.99. The maximum atomic E-state index is 10.6. The summed E-state index contributed by atoms with van der Waals surface area (Å²) in [6.45, 7) is 2.34. The highest BCUT2D eigenvalue weighted by molar-refractivity contribution is 7.69. The maximum absolute atomic E-state index is 10.6. The predicted octanol–water partition coefficient (Wildman–Crippen LogP) is 1.06. The van der Waals surface area contributed by atoms with Crippen LogP contribution in [0.5, 0.6) is 0 Å². The van der Waals surface area contributed by atoms with Gasteiger partial charge >= 0.3 is 13.2 Å². The van der Waals surface area contributed by atoms with E-state index in [4.69, 9.17) is 9.79 Å². The number of unbranched alkanes of at least 4 members (excludes halogenated alkanes) is 2. The molecule has 72 valence electrons. The monoisotopic (exact) mass is 195 g/mol. The molecule has 0 aromatic heterocycles. The lowest BCUT2D eigenvalue weighted by molar-refractivity contribution is 0.248. The molecule has 0 rings (SSSR count). The van der Waals surface area contributed by atoms with Crippen molar-refractivity contribution in [2.24, 2.45) is 0 Å². The molecule has 0 spiro atoms. The third-order valence-corrected chi connectivity index (χ3v) is 2.01. The van der Waals surface area contributed by atoms with Crippen molar-refractivity contribution in [3.63, 3.8) is 0 Å². The van der Waals surface area contributed by atoms with Gasteiger partial charge in [0, 0.05) is 6.54 Å². The second-order valence-electron chi connectivity index (χ2n) is 2.48. The molecule has 1 amide bonds. The molecule has 0 aliphatic carbocycles. The van der Waals surface area contributed by atoms with Crippen LogP contribution in [0.1, 0.15) is 26.2 Å². The first kappa shape index (κ1) is 11.6. The van der Waals surface area contributed by atoms with E-state index in [0.717, 1.165) is 19.3 Å². The molecule has 0 heterocycles. The van der Waals surface area contributed by atoms with Crippen LogP contribution in [0.3, 0.4) is 0 Å². The standard InChI is InChI=1S/C6H14NO4P/c1-2-3-4-5-7-6(8)12(9,10)11/h2-5H2,1H3,(H,7,8)(H2,9,10,11). The molecule has 5 nitrogen and oxygen atoms in total. The second kappa shape index (κ2) is 5.30. The molecular formula is C6H14NO4P. The Bertz CT molecular complexity index is 188. The molecule has 0 unspecified atom stereocenters. The third kappa shape index (κ3) is 5.29. The van der Waals surface area contributed by atoms with E-state index in [0.29, 0.717) is 6.54 Å². The van der Waals surface area contributed by atoms with Crippen molar-refractivity contribution in [2.45, 2.75) is 26.2 Å². The fourth-order valence-corrected chi connectivity index (χ4v) is 0.991. The summed E-state index contributed by atoms with van der Waals surface area (Å²) in [5.74, 6) is 0. The van der Waals surface area contributed by atoms with Gasteiger partial charge in [0.25, 0.3) is 0 Å². The van der Waals surface area contributed by atoms with E-state index in [1.165, 1.54) is 0 Å². The highest BCUT2D eigenvalue weighted by atomic mass is 31.2. The summed E-state index contributed by atoms with van der Waals surface area (Å²) < 4.78 is 10.3. The lowest BCUT2D eigenvalue weighted by Crippen LogP contribution is -2.22. The van der Waals surface area contributed by atoms with Gasteiger partial charge in [-0.2, -0.15) is 0 Å². The van der Waals surface area contributed by atoms with Gasteiger partial charge in [0.05, 0.1) is 0 Å². The van der Waals surface area contributed by atoms with Crippen LogP contribution < -0.4 is 5.32 Å². The van der Waals surface area contributed by atoms with Gasteiger partial charge in [0.15, 0.2) is 0 Å². The van der Waals surface area contributed by atoms with Gasteiger partial charge in [-0.05, 0) is 6.42 Å². The molecule has 0 saturated carbocycles. The summed E-state index contributed by atoms with van der Waals surface area (Å²) in [7, 11) is -4.56. The average Bonchev–Trinajstić information content (AvgIpc) is 1.96. The third-order valence-electron chi connectivity index (χ3n) is 1.32. The number of hydrogen-bond donors (Lipinski definition) is 3. The van der Waals surface area contributed by atoms with Crippen LogP contribution in [0.25, 0.3) is 0 Å². The maximum Gasteiger partial charge on any atom is 0.413 e. The van der Waals surface area contributed by atoms with Crippen molar-refractivity contribution in [3.05, 3.63) is 0 Å². The normalized spacial score (nSPS) is 11.2. The zero-order chi connectivity index (χ0) is 9.61. The van der Waals surface area contributed by atoms with E-state index in [1.54, 1.807) is 0 Å². The SMILES string of the molecule is CCCCCNC(=O)P(=O)(O)O. The Hall–Kier alpha value is -0.380. The molecule has 12 heavy (non-hydrogen) atoms. The summed E-state index contributed by atoms with van der Waals surface area (Å²) >= 11 is 0. The first-order chi connectivity index (χ1) is 5.48. The molecule has 0 fully saturated rings. The van der Waals surface area contributed by atoms with Crippen molar-refractivity contribution < 1.29 is 19.1 Å². The fourth-order valence-electron chi connectivity index (χ4n) is 0.673. The van der Waals surface area contributed by atoms with Gasteiger partial charge in [-0.15, -0.1) is 0 Å². The first-order valence-corrected chi connectivity index (χ1v) is 5.43. The Morgan fingerprint density at radius 2 is 2.00 bits per heavy atom. The molecule has 0 aromatic rings. The topological polar surface area (TPSA) is 86.6 Å². The Labute approximate surface area is 71.3 Å². The van der Waals surface area contributed by atoms with Crippen LogP contribution in [0, 0.1) is 0 Å². The summed E-state index contributed by atoms with van der Waals surface area (Å²) in [6, 6.07) is 0. The summed E-state index contributed by atoms with van der Waals surface area (Å²) in [6.07, 6.45) is 2.70. The highest BCUT2D eigenvalue weighted by Crippen LogP contribution is 2.34. The van der Waals surface area contributed by atoms with Crippen molar-refractivity contribution in [1.82, 2.24) is 5.32 Å². The van der Waals surface area contributed by atoms with Gasteiger partial charge in [-0.3, -0.25) is 4.79 Å². The van der Waals surface area contributed by atoms with Crippen molar-refractivity contribution in [3.8, 4) is 0 Å². The van der Waals surface area contributed by atoms with E-state index in [-0.39, 0.29) is 0 Å². The van der Waals surface area contributed by atoms with Crippen LogP contribution >= 0.6 is 7.60 Å². The number of rotatable bonds is 5. The predicted molar refractivity (Wildman–Crippen MR) is 45.0 cm³/mol. The minimum Gasteiger partial charge on any atom is -0.346 e.